The summed E-state index contributed by atoms with van der Waals surface area (Å²) in [5, 5.41) is 2.03. The zero-order valence-electron chi connectivity index (χ0n) is 17.9. The van der Waals surface area contributed by atoms with E-state index < -0.39 is 0 Å². The van der Waals surface area contributed by atoms with Gasteiger partial charge in [-0.05, 0) is 29.3 Å². The smallest absolute Gasteiger partial charge is 0.191 e. The van der Waals surface area contributed by atoms with E-state index in [1.807, 2.05) is 30.3 Å². The van der Waals surface area contributed by atoms with Crippen molar-refractivity contribution in [3.05, 3.63) is 88.7 Å². The molecule has 0 aliphatic carbocycles. The number of nitrogens with zero attached hydrogens (tertiary/aromatic N) is 2. The van der Waals surface area contributed by atoms with Crippen LogP contribution in [0.5, 0.6) is 0 Å². The van der Waals surface area contributed by atoms with Crippen molar-refractivity contribution in [2.45, 2.75) is 0 Å². The lowest BCUT2D eigenvalue weighted by molar-refractivity contribution is 0.122. The fourth-order valence-corrected chi connectivity index (χ4v) is 3.85. The van der Waals surface area contributed by atoms with Crippen LogP contribution in [0.1, 0.15) is 16.7 Å². The van der Waals surface area contributed by atoms with Gasteiger partial charge in [-0.2, -0.15) is 0 Å². The van der Waals surface area contributed by atoms with E-state index in [1.165, 1.54) is 5.01 Å². The summed E-state index contributed by atoms with van der Waals surface area (Å²) in [5.74, 6) is 7.05. The van der Waals surface area contributed by atoms with Gasteiger partial charge in [0.15, 0.2) is 5.43 Å². The molecule has 4 rings (SSSR count). The van der Waals surface area contributed by atoms with Crippen molar-refractivity contribution >= 4 is 40.3 Å². The third-order valence-corrected chi connectivity index (χ3v) is 5.60. The lowest BCUT2D eigenvalue weighted by atomic mass is 10.1. The number of fused-ring (bicyclic) bond motifs is 1. The summed E-state index contributed by atoms with van der Waals surface area (Å²) in [6, 6.07) is 12.8. The van der Waals surface area contributed by atoms with Gasteiger partial charge in [-0.3, -0.25) is 9.80 Å². The third-order valence-electron chi connectivity index (χ3n) is 5.60. The summed E-state index contributed by atoms with van der Waals surface area (Å²) in [5.41, 5.74) is 10.8. The zero-order chi connectivity index (χ0) is 22.7. The number of hydrogen-bond donors (Lipinski definition) is 3. The van der Waals surface area contributed by atoms with Gasteiger partial charge >= 0.3 is 0 Å². The molecule has 1 aromatic heterocycles. The lowest BCUT2D eigenvalue weighted by Crippen LogP contribution is -2.37. The molecule has 1 saturated heterocycles. The molecule has 1 fully saturated rings. The minimum absolute atomic E-state index is 0.0601. The molecule has 0 atom stereocenters. The van der Waals surface area contributed by atoms with Gasteiger partial charge in [0.05, 0.1) is 30.1 Å². The molecule has 1 aliphatic rings. The predicted molar refractivity (Wildman–Crippen MR) is 133 cm³/mol. The van der Waals surface area contributed by atoms with Crippen LogP contribution >= 0.6 is 0 Å². The van der Waals surface area contributed by atoms with Crippen molar-refractivity contribution in [3.8, 4) is 0 Å². The lowest BCUT2D eigenvalue weighted by Gasteiger charge is -2.28. The summed E-state index contributed by atoms with van der Waals surface area (Å²) >= 11 is 0. The first kappa shape index (κ1) is 21.4. The van der Waals surface area contributed by atoms with E-state index in [0.29, 0.717) is 35.4 Å². The van der Waals surface area contributed by atoms with Crippen LogP contribution in [0.4, 0.5) is 11.5 Å². The summed E-state index contributed by atoms with van der Waals surface area (Å²) in [6.07, 6.45) is 5.17. The standard InChI is InChI=1S/C25H27N5O2/c1-3-17-8-9-19(14-18(17)4-2)30(27)16-22(26)20-6-5-7-21-23(31)15-24(28-25(20)21)29-10-12-32-13-11-29/h3-9,14-16H,1-2,10-13,26-27H2,(H,28,31)/b22-16-. The number of morpholine rings is 1. The molecule has 7 nitrogen and oxygen atoms in total. The number of para-hydroxylation sites is 1. The Bertz CT molecular complexity index is 1250. The number of pyridine rings is 1. The number of nitrogens with one attached hydrogen (secondary N) is 1. The SMILES string of the molecule is C=Cc1ccc(N(N)/C=C(\N)c2cccc3c(=O)cc(N4CCOCC4)[nH]c23)cc1C=C. The molecule has 0 amide bonds. The number of hydrogen-bond acceptors (Lipinski definition) is 6. The summed E-state index contributed by atoms with van der Waals surface area (Å²) in [6.45, 7) is 10.4. The molecular weight excluding hydrogens is 402 g/mol. The second-order valence-corrected chi connectivity index (χ2v) is 7.56. The maximum atomic E-state index is 12.8. The molecule has 32 heavy (non-hydrogen) atoms. The Morgan fingerprint density at radius 1 is 1.09 bits per heavy atom. The van der Waals surface area contributed by atoms with Crippen LogP contribution in [-0.4, -0.2) is 31.3 Å². The molecule has 5 N–H and O–H groups in total. The Morgan fingerprint density at radius 3 is 2.56 bits per heavy atom. The van der Waals surface area contributed by atoms with E-state index in [9.17, 15) is 4.79 Å². The van der Waals surface area contributed by atoms with Gasteiger partial charge in [0.25, 0.3) is 0 Å². The molecule has 0 bridgehead atoms. The highest BCUT2D eigenvalue weighted by Gasteiger charge is 2.15. The molecule has 2 heterocycles. The second-order valence-electron chi connectivity index (χ2n) is 7.56. The van der Waals surface area contributed by atoms with Gasteiger partial charge < -0.3 is 20.4 Å². The van der Waals surface area contributed by atoms with Crippen molar-refractivity contribution in [2.75, 3.05) is 36.2 Å². The summed E-state index contributed by atoms with van der Waals surface area (Å²) in [4.78, 5) is 18.3. The molecule has 3 aromatic rings. The number of anilines is 2. The van der Waals surface area contributed by atoms with Gasteiger partial charge in [0.2, 0.25) is 0 Å². The molecule has 0 saturated carbocycles. The minimum atomic E-state index is -0.0601. The number of H-pyrrole nitrogens is 1. The highest BCUT2D eigenvalue weighted by molar-refractivity contribution is 5.91. The maximum Gasteiger partial charge on any atom is 0.191 e. The van der Waals surface area contributed by atoms with Crippen LogP contribution in [-0.2, 0) is 4.74 Å². The number of hydrazine groups is 1. The summed E-state index contributed by atoms with van der Waals surface area (Å²) in [7, 11) is 0. The Labute approximate surface area is 186 Å². The van der Waals surface area contributed by atoms with E-state index >= 15 is 0 Å². The van der Waals surface area contributed by atoms with Crippen LogP contribution in [0, 0.1) is 0 Å². The van der Waals surface area contributed by atoms with E-state index in [1.54, 1.807) is 30.5 Å². The monoisotopic (exact) mass is 429 g/mol. The molecule has 0 radical (unpaired) electrons. The maximum absolute atomic E-state index is 12.8. The van der Waals surface area contributed by atoms with Crippen LogP contribution in [0.3, 0.4) is 0 Å². The van der Waals surface area contributed by atoms with Crippen LogP contribution in [0.2, 0.25) is 0 Å². The second kappa shape index (κ2) is 9.13. The number of aromatic nitrogens is 1. The average molecular weight is 430 g/mol. The van der Waals surface area contributed by atoms with Crippen LogP contribution < -0.4 is 26.9 Å². The number of ether oxygens (including phenoxy) is 1. The van der Waals surface area contributed by atoms with Crippen LogP contribution in [0.15, 0.2) is 66.6 Å². The number of benzene rings is 2. The Hall–Kier alpha value is -3.81. The van der Waals surface area contributed by atoms with Gasteiger partial charge in [0, 0.05) is 36.3 Å². The van der Waals surface area contributed by atoms with Gasteiger partial charge in [-0.1, -0.05) is 43.5 Å². The topological polar surface area (TPSA) is 101 Å². The average Bonchev–Trinajstić information content (AvgIpc) is 2.83. The molecule has 1 aliphatic heterocycles. The predicted octanol–water partition coefficient (Wildman–Crippen LogP) is 3.29. The van der Waals surface area contributed by atoms with Crippen molar-refractivity contribution < 1.29 is 4.74 Å². The van der Waals surface area contributed by atoms with Crippen molar-refractivity contribution in [1.82, 2.24) is 4.98 Å². The quantitative estimate of drug-likeness (QED) is 0.411. The highest BCUT2D eigenvalue weighted by atomic mass is 16.5. The largest absolute Gasteiger partial charge is 0.397 e. The fourth-order valence-electron chi connectivity index (χ4n) is 3.85. The molecule has 7 heteroatoms. The number of aromatic amines is 1. The van der Waals surface area contributed by atoms with Crippen molar-refractivity contribution in [1.29, 1.82) is 0 Å². The zero-order valence-corrected chi connectivity index (χ0v) is 17.9. The normalized spacial score (nSPS) is 14.4. The van der Waals surface area contributed by atoms with E-state index in [4.69, 9.17) is 16.3 Å². The van der Waals surface area contributed by atoms with E-state index in [0.717, 1.165) is 35.7 Å². The molecule has 2 aromatic carbocycles. The Morgan fingerprint density at radius 2 is 1.84 bits per heavy atom. The van der Waals surface area contributed by atoms with E-state index in [-0.39, 0.29) is 5.43 Å². The fraction of sp³-hybridized carbons (Fsp3) is 0.160. The van der Waals surface area contributed by atoms with Gasteiger partial charge in [-0.15, -0.1) is 0 Å². The Kier molecular flexibility index (Phi) is 6.11. The molecular formula is C25H27N5O2. The van der Waals surface area contributed by atoms with Crippen molar-refractivity contribution in [3.63, 3.8) is 0 Å². The Balaban J connectivity index is 1.74. The highest BCUT2D eigenvalue weighted by Crippen LogP contribution is 2.24. The van der Waals surface area contributed by atoms with E-state index in [2.05, 4.69) is 23.0 Å². The first-order chi connectivity index (χ1) is 15.5. The van der Waals surface area contributed by atoms with Crippen LogP contribution in [0.25, 0.3) is 28.8 Å². The minimum Gasteiger partial charge on any atom is -0.397 e. The third kappa shape index (κ3) is 4.16. The first-order valence-corrected chi connectivity index (χ1v) is 10.4. The van der Waals surface area contributed by atoms with Gasteiger partial charge in [0.1, 0.15) is 5.82 Å². The van der Waals surface area contributed by atoms with Gasteiger partial charge in [-0.25, -0.2) is 5.84 Å². The molecule has 0 spiro atoms. The number of nitrogens with two attached hydrogens (primary N) is 2. The number of rotatable bonds is 6. The summed E-state index contributed by atoms with van der Waals surface area (Å²) < 4.78 is 5.42. The molecule has 0 unspecified atom stereocenters. The first-order valence-electron chi connectivity index (χ1n) is 10.4. The molecule has 164 valence electrons. The van der Waals surface area contributed by atoms with Crippen molar-refractivity contribution in [2.24, 2.45) is 11.6 Å².